The van der Waals surface area contributed by atoms with E-state index in [1.54, 1.807) is 66.7 Å². The molecule has 4 N–H and O–H groups in total. The Balaban J connectivity index is 1.74. The minimum Gasteiger partial charge on any atom is -0.495 e. The fraction of sp³-hybridized carbons (Fsp3) is 0.241. The number of methoxy groups -OCH3 is 1. The van der Waals surface area contributed by atoms with Crippen LogP contribution in [0.5, 0.6) is 5.75 Å². The molecule has 3 aromatic rings. The van der Waals surface area contributed by atoms with Crippen molar-refractivity contribution in [3.63, 3.8) is 0 Å². The summed E-state index contributed by atoms with van der Waals surface area (Å²) in [7, 11) is 1.43. The largest absolute Gasteiger partial charge is 0.495 e. The highest BCUT2D eigenvalue weighted by Gasteiger charge is 2.39. The number of nitrogens with one attached hydrogen (secondary N) is 2. The van der Waals surface area contributed by atoms with Crippen LogP contribution in [0.4, 0.5) is 18.9 Å². The molecule has 208 valence electrons. The smallest absolute Gasteiger partial charge is 0.389 e. The summed E-state index contributed by atoms with van der Waals surface area (Å²) in [6, 6.07) is 21.8. The average Bonchev–Trinajstić information content (AvgIpc) is 3.07. The standard InChI is InChI=1S/C29H27F3N4O4/c1-40-21-14-8-13-20-23(18-11-6-3-7-12-18)34-26(28(39)35-24(20)21)36-27(38)19(15-16-29(30,31)32)22(25(33)37)17-9-4-2-5-10-17/h2-14,19,22,26H,15-16H2,1H3,(H2,33,37)(H,35,39)(H,36,38)/t19-,22+,26?/m1/s1. The Morgan fingerprint density at radius 1 is 1.02 bits per heavy atom. The van der Waals surface area contributed by atoms with Crippen LogP contribution in [0, 0.1) is 5.92 Å². The third kappa shape index (κ3) is 6.48. The van der Waals surface area contributed by atoms with Crippen LogP contribution in [0.2, 0.25) is 0 Å². The Morgan fingerprint density at radius 3 is 2.27 bits per heavy atom. The molecule has 3 amide bonds. The zero-order valence-corrected chi connectivity index (χ0v) is 21.4. The number of nitrogens with two attached hydrogens (primary N) is 1. The second-order valence-corrected chi connectivity index (χ2v) is 9.18. The monoisotopic (exact) mass is 552 g/mol. The first kappa shape index (κ1) is 28.3. The van der Waals surface area contributed by atoms with Crippen molar-refractivity contribution in [3.8, 4) is 5.75 Å². The van der Waals surface area contributed by atoms with Gasteiger partial charge in [0.1, 0.15) is 5.75 Å². The second-order valence-electron chi connectivity index (χ2n) is 9.18. The predicted octanol–water partition coefficient (Wildman–Crippen LogP) is 4.15. The van der Waals surface area contributed by atoms with Crippen molar-refractivity contribution in [2.75, 3.05) is 12.4 Å². The summed E-state index contributed by atoms with van der Waals surface area (Å²) in [5, 5.41) is 5.18. The number of aliphatic imine (C=N–C) groups is 1. The van der Waals surface area contributed by atoms with Gasteiger partial charge in [0.05, 0.1) is 30.3 Å². The molecule has 0 aromatic heterocycles. The van der Waals surface area contributed by atoms with E-state index < -0.39 is 54.7 Å². The highest BCUT2D eigenvalue weighted by Crippen LogP contribution is 2.35. The fourth-order valence-electron chi connectivity index (χ4n) is 4.67. The van der Waals surface area contributed by atoms with Crippen LogP contribution in [0.1, 0.15) is 35.4 Å². The zero-order chi connectivity index (χ0) is 28.9. The van der Waals surface area contributed by atoms with Crippen LogP contribution in [0.3, 0.4) is 0 Å². The maximum Gasteiger partial charge on any atom is 0.389 e. The van der Waals surface area contributed by atoms with Gasteiger partial charge in [0.2, 0.25) is 18.0 Å². The summed E-state index contributed by atoms with van der Waals surface area (Å²) in [6.07, 6.45) is -8.18. The van der Waals surface area contributed by atoms with Crippen molar-refractivity contribution in [2.24, 2.45) is 16.6 Å². The van der Waals surface area contributed by atoms with Crippen molar-refractivity contribution in [1.29, 1.82) is 0 Å². The predicted molar refractivity (Wildman–Crippen MR) is 143 cm³/mol. The van der Waals surface area contributed by atoms with Crippen LogP contribution in [-0.2, 0) is 14.4 Å². The molecule has 0 saturated heterocycles. The summed E-state index contributed by atoms with van der Waals surface area (Å²) in [5.41, 5.74) is 7.70. The number of hydrogen-bond donors (Lipinski definition) is 3. The number of ether oxygens (including phenoxy) is 1. The van der Waals surface area contributed by atoms with Crippen molar-refractivity contribution in [2.45, 2.75) is 31.1 Å². The number of carbonyl (C=O) groups excluding carboxylic acids is 3. The summed E-state index contributed by atoms with van der Waals surface area (Å²) in [4.78, 5) is 43.9. The highest BCUT2D eigenvalue weighted by molar-refractivity contribution is 6.20. The maximum atomic E-state index is 13.6. The Kier molecular flexibility index (Phi) is 8.52. The Labute approximate surface area is 228 Å². The summed E-state index contributed by atoms with van der Waals surface area (Å²) >= 11 is 0. The third-order valence-corrected chi connectivity index (χ3v) is 6.53. The number of anilines is 1. The first-order valence-electron chi connectivity index (χ1n) is 12.4. The molecule has 40 heavy (non-hydrogen) atoms. The number of nitrogens with zero attached hydrogens (tertiary/aromatic N) is 1. The number of benzodiazepines with no additional fused rings is 1. The Bertz CT molecular complexity index is 1410. The molecule has 1 heterocycles. The number of halogens is 3. The molecule has 8 nitrogen and oxygen atoms in total. The normalized spacial score (nSPS) is 16.4. The first-order valence-corrected chi connectivity index (χ1v) is 12.4. The van der Waals surface area contributed by atoms with Crippen LogP contribution >= 0.6 is 0 Å². The highest BCUT2D eigenvalue weighted by atomic mass is 19.4. The zero-order valence-electron chi connectivity index (χ0n) is 21.4. The molecule has 3 aromatic carbocycles. The van der Waals surface area contributed by atoms with Crippen molar-refractivity contribution in [1.82, 2.24) is 5.32 Å². The molecule has 0 aliphatic carbocycles. The number of para-hydroxylation sites is 1. The van der Waals surface area contributed by atoms with Crippen molar-refractivity contribution < 1.29 is 32.3 Å². The van der Waals surface area contributed by atoms with E-state index in [1.807, 2.05) is 0 Å². The lowest BCUT2D eigenvalue weighted by Crippen LogP contribution is -2.47. The SMILES string of the molecule is COc1cccc2c1NC(=O)C(NC(=O)[C@H](CCC(F)(F)F)[C@@H](C(N)=O)c1ccccc1)N=C2c1ccccc1. The summed E-state index contributed by atoms with van der Waals surface area (Å²) in [6.45, 7) is 0. The Morgan fingerprint density at radius 2 is 1.68 bits per heavy atom. The minimum atomic E-state index is -4.59. The fourth-order valence-corrected chi connectivity index (χ4v) is 4.67. The second kappa shape index (κ2) is 12.0. The molecule has 1 unspecified atom stereocenters. The number of rotatable bonds is 9. The van der Waals surface area contributed by atoms with Gasteiger partial charge >= 0.3 is 6.18 Å². The molecule has 3 atom stereocenters. The number of alkyl halides is 3. The molecular weight excluding hydrogens is 525 g/mol. The van der Waals surface area contributed by atoms with Crippen LogP contribution in [0.15, 0.2) is 83.9 Å². The van der Waals surface area contributed by atoms with Crippen molar-refractivity contribution >= 4 is 29.1 Å². The molecule has 1 aliphatic heterocycles. The van der Waals surface area contributed by atoms with E-state index >= 15 is 0 Å². The molecule has 0 radical (unpaired) electrons. The van der Waals surface area contributed by atoms with Gasteiger partial charge in [-0.3, -0.25) is 14.4 Å². The quantitative estimate of drug-likeness (QED) is 0.369. The number of primary amides is 1. The van der Waals surface area contributed by atoms with Gasteiger partial charge in [0, 0.05) is 17.5 Å². The van der Waals surface area contributed by atoms with E-state index in [2.05, 4.69) is 15.6 Å². The molecule has 11 heteroatoms. The van der Waals surface area contributed by atoms with Gasteiger partial charge in [-0.1, -0.05) is 72.8 Å². The van der Waals surface area contributed by atoms with Gasteiger partial charge in [-0.2, -0.15) is 13.2 Å². The average molecular weight is 553 g/mol. The molecule has 0 spiro atoms. The maximum absolute atomic E-state index is 13.6. The topological polar surface area (TPSA) is 123 Å². The third-order valence-electron chi connectivity index (χ3n) is 6.53. The van der Waals surface area contributed by atoms with Crippen LogP contribution < -0.4 is 21.1 Å². The van der Waals surface area contributed by atoms with Gasteiger partial charge in [-0.25, -0.2) is 4.99 Å². The number of hydrogen-bond acceptors (Lipinski definition) is 5. The number of benzene rings is 3. The van der Waals surface area contributed by atoms with E-state index in [9.17, 15) is 27.6 Å². The summed E-state index contributed by atoms with van der Waals surface area (Å²) in [5.74, 6) is -5.22. The molecule has 0 fully saturated rings. The van der Waals surface area contributed by atoms with E-state index in [0.29, 0.717) is 28.3 Å². The van der Waals surface area contributed by atoms with Crippen LogP contribution in [-0.4, -0.2) is 42.9 Å². The van der Waals surface area contributed by atoms with Crippen molar-refractivity contribution in [3.05, 3.63) is 95.6 Å². The minimum absolute atomic E-state index is 0.285. The molecule has 4 rings (SSSR count). The van der Waals surface area contributed by atoms with Gasteiger partial charge in [-0.05, 0) is 18.1 Å². The molecule has 0 saturated carbocycles. The van der Waals surface area contributed by atoms with Gasteiger partial charge in [-0.15, -0.1) is 0 Å². The summed E-state index contributed by atoms with van der Waals surface area (Å²) < 4.78 is 45.1. The van der Waals surface area contributed by atoms with E-state index in [1.165, 1.54) is 19.2 Å². The number of carbonyl (C=O) groups is 3. The lowest BCUT2D eigenvalue weighted by atomic mass is 9.81. The molecular formula is C29H27F3N4O4. The number of fused-ring (bicyclic) bond motifs is 1. The first-order chi connectivity index (χ1) is 19.1. The van der Waals surface area contributed by atoms with Gasteiger partial charge in [0.25, 0.3) is 5.91 Å². The van der Waals surface area contributed by atoms with Crippen LogP contribution in [0.25, 0.3) is 0 Å². The Hall–Kier alpha value is -4.67. The van der Waals surface area contributed by atoms with Gasteiger partial charge < -0.3 is 21.1 Å². The van der Waals surface area contributed by atoms with E-state index in [4.69, 9.17) is 10.5 Å². The number of amides is 3. The molecule has 0 bridgehead atoms. The molecule has 1 aliphatic rings. The van der Waals surface area contributed by atoms with E-state index in [0.717, 1.165) is 0 Å². The lowest BCUT2D eigenvalue weighted by molar-refractivity contribution is -0.144. The van der Waals surface area contributed by atoms with Gasteiger partial charge in [0.15, 0.2) is 0 Å². The lowest BCUT2D eigenvalue weighted by Gasteiger charge is -2.26. The van der Waals surface area contributed by atoms with E-state index in [-0.39, 0.29) is 5.56 Å².